The zero-order chi connectivity index (χ0) is 20.8. The van der Waals surface area contributed by atoms with Crippen LogP contribution in [0.2, 0.25) is 0 Å². The third kappa shape index (κ3) is 3.95. The van der Waals surface area contributed by atoms with Crippen LogP contribution in [-0.2, 0) is 24.1 Å². The molecule has 31 heavy (non-hydrogen) atoms. The first-order valence-corrected chi connectivity index (χ1v) is 12.2. The second-order valence-electron chi connectivity index (χ2n) is 10.5. The van der Waals surface area contributed by atoms with Crippen molar-refractivity contribution in [3.8, 4) is 0 Å². The van der Waals surface area contributed by atoms with Gasteiger partial charge in [-0.1, -0.05) is 36.4 Å². The van der Waals surface area contributed by atoms with Crippen molar-refractivity contribution in [2.24, 2.45) is 29.6 Å². The molecule has 1 heterocycles. The van der Waals surface area contributed by atoms with Gasteiger partial charge in [-0.25, -0.2) is 4.98 Å². The van der Waals surface area contributed by atoms with Crippen molar-refractivity contribution in [3.05, 3.63) is 65.5 Å². The van der Waals surface area contributed by atoms with E-state index in [-0.39, 0.29) is 0 Å². The minimum atomic E-state index is 0.431. The molecule has 160 valence electrons. The van der Waals surface area contributed by atoms with Crippen molar-refractivity contribution in [2.45, 2.75) is 57.8 Å². The zero-order valence-corrected chi connectivity index (χ0v) is 18.2. The predicted molar refractivity (Wildman–Crippen MR) is 124 cm³/mol. The lowest BCUT2D eigenvalue weighted by Gasteiger charge is -2.54. The van der Waals surface area contributed by atoms with Crippen LogP contribution >= 0.6 is 0 Å². The number of hydrogen-bond acceptors (Lipinski definition) is 2. The van der Waals surface area contributed by atoms with E-state index < -0.39 is 0 Å². The number of rotatable bonds is 7. The van der Waals surface area contributed by atoms with Crippen LogP contribution < -0.4 is 0 Å². The third-order valence-corrected chi connectivity index (χ3v) is 8.38. The molecule has 3 nitrogen and oxygen atoms in total. The van der Waals surface area contributed by atoms with Crippen molar-refractivity contribution in [2.75, 3.05) is 0 Å². The van der Waals surface area contributed by atoms with Gasteiger partial charge in [0.2, 0.25) is 0 Å². The lowest BCUT2D eigenvalue weighted by Crippen LogP contribution is -2.45. The smallest absolute Gasteiger partial charge is 0.137 e. The maximum absolute atomic E-state index is 13.0. The van der Waals surface area contributed by atoms with Gasteiger partial charge in [0.1, 0.15) is 11.6 Å². The highest BCUT2D eigenvalue weighted by Crippen LogP contribution is 2.57. The van der Waals surface area contributed by atoms with Crippen molar-refractivity contribution in [3.63, 3.8) is 0 Å². The molecule has 1 N–H and O–H groups in total. The highest BCUT2D eigenvalue weighted by atomic mass is 16.1. The lowest BCUT2D eigenvalue weighted by molar-refractivity contribution is -0.123. The first-order chi connectivity index (χ1) is 15.2. The second-order valence-corrected chi connectivity index (χ2v) is 10.5. The van der Waals surface area contributed by atoms with E-state index in [4.69, 9.17) is 4.98 Å². The highest BCUT2D eigenvalue weighted by Gasteiger charge is 2.48. The number of benzene rings is 2. The molecule has 4 aliphatic rings. The molecule has 4 saturated carbocycles. The van der Waals surface area contributed by atoms with Crippen LogP contribution in [0.4, 0.5) is 0 Å². The summed E-state index contributed by atoms with van der Waals surface area (Å²) >= 11 is 0. The van der Waals surface area contributed by atoms with E-state index in [1.807, 2.05) is 0 Å². The van der Waals surface area contributed by atoms with Crippen LogP contribution in [0.1, 0.15) is 55.5 Å². The number of aryl methyl sites for hydroxylation is 2. The SMILES string of the molecule is O=C(Cc1ccc2nc(CCc3ccccc3)[nH]c2c1)CC1C2CC3CC(C2)CC1C3. The molecule has 0 spiro atoms. The van der Waals surface area contributed by atoms with E-state index in [1.165, 1.54) is 37.7 Å². The van der Waals surface area contributed by atoms with Gasteiger partial charge in [0.25, 0.3) is 0 Å². The maximum Gasteiger partial charge on any atom is 0.137 e. The van der Waals surface area contributed by atoms with Crippen LogP contribution in [-0.4, -0.2) is 15.8 Å². The fraction of sp³-hybridized carbons (Fsp3) is 0.500. The molecule has 0 aliphatic heterocycles. The van der Waals surface area contributed by atoms with Gasteiger partial charge in [-0.15, -0.1) is 0 Å². The van der Waals surface area contributed by atoms with Gasteiger partial charge in [-0.05, 0) is 91.4 Å². The summed E-state index contributed by atoms with van der Waals surface area (Å²) in [5.74, 6) is 5.75. The largest absolute Gasteiger partial charge is 0.342 e. The van der Waals surface area contributed by atoms with Crippen molar-refractivity contribution in [1.82, 2.24) is 9.97 Å². The molecule has 3 heteroatoms. The van der Waals surface area contributed by atoms with E-state index >= 15 is 0 Å². The fourth-order valence-corrected chi connectivity index (χ4v) is 7.18. The summed E-state index contributed by atoms with van der Waals surface area (Å²) in [5.41, 5.74) is 4.52. The molecule has 0 amide bonds. The minimum Gasteiger partial charge on any atom is -0.342 e. The number of hydrogen-bond donors (Lipinski definition) is 1. The van der Waals surface area contributed by atoms with Crippen LogP contribution in [0.15, 0.2) is 48.5 Å². The summed E-state index contributed by atoms with van der Waals surface area (Å²) in [6.45, 7) is 0. The minimum absolute atomic E-state index is 0.431. The fourth-order valence-electron chi connectivity index (χ4n) is 7.18. The van der Waals surface area contributed by atoms with E-state index in [0.717, 1.165) is 65.4 Å². The average molecular weight is 413 g/mol. The van der Waals surface area contributed by atoms with E-state index in [1.54, 1.807) is 0 Å². The normalized spacial score (nSPS) is 29.0. The first kappa shape index (κ1) is 19.3. The molecule has 2 aromatic carbocycles. The van der Waals surface area contributed by atoms with Gasteiger partial charge in [0, 0.05) is 19.3 Å². The molecule has 3 aromatic rings. The number of fused-ring (bicyclic) bond motifs is 1. The van der Waals surface area contributed by atoms with Crippen LogP contribution in [0.25, 0.3) is 11.0 Å². The topological polar surface area (TPSA) is 45.8 Å². The van der Waals surface area contributed by atoms with Crippen molar-refractivity contribution < 1.29 is 4.79 Å². The van der Waals surface area contributed by atoms with Gasteiger partial charge in [0.05, 0.1) is 11.0 Å². The second kappa shape index (κ2) is 7.93. The number of nitrogens with one attached hydrogen (secondary N) is 1. The highest BCUT2D eigenvalue weighted by molar-refractivity contribution is 5.83. The number of imidazole rings is 1. The predicted octanol–water partition coefficient (Wildman–Crippen LogP) is 5.92. The Kier molecular flexibility index (Phi) is 4.93. The number of nitrogens with zero attached hydrogens (tertiary/aromatic N) is 1. The number of ketones is 1. The van der Waals surface area contributed by atoms with Gasteiger partial charge in [-0.2, -0.15) is 0 Å². The third-order valence-electron chi connectivity index (χ3n) is 8.38. The van der Waals surface area contributed by atoms with Crippen LogP contribution in [0, 0.1) is 29.6 Å². The zero-order valence-electron chi connectivity index (χ0n) is 18.2. The Morgan fingerprint density at radius 1 is 0.871 bits per heavy atom. The number of Topliss-reactive ketones (excluding diaryl/α,β-unsaturated/α-hetero) is 1. The Morgan fingerprint density at radius 3 is 2.35 bits per heavy atom. The van der Waals surface area contributed by atoms with Gasteiger partial charge in [-0.3, -0.25) is 4.79 Å². The number of carbonyl (C=O) groups is 1. The molecule has 0 atom stereocenters. The summed E-state index contributed by atoms with van der Waals surface area (Å²) in [6, 6.07) is 16.9. The lowest BCUT2D eigenvalue weighted by atomic mass is 9.51. The molecule has 4 bridgehead atoms. The number of aromatic amines is 1. The molecule has 4 aliphatic carbocycles. The number of carbonyl (C=O) groups excluding carboxylic acids is 1. The van der Waals surface area contributed by atoms with Gasteiger partial charge < -0.3 is 4.98 Å². The van der Waals surface area contributed by atoms with Gasteiger partial charge >= 0.3 is 0 Å². The first-order valence-electron chi connectivity index (χ1n) is 12.2. The van der Waals surface area contributed by atoms with E-state index in [0.29, 0.717) is 18.1 Å². The summed E-state index contributed by atoms with van der Waals surface area (Å²) in [6.07, 6.45) is 10.3. The van der Waals surface area contributed by atoms with E-state index in [2.05, 4.69) is 53.5 Å². The van der Waals surface area contributed by atoms with Crippen molar-refractivity contribution in [1.29, 1.82) is 0 Å². The molecule has 0 unspecified atom stereocenters. The molecule has 4 fully saturated rings. The monoisotopic (exact) mass is 412 g/mol. The number of H-pyrrole nitrogens is 1. The quantitative estimate of drug-likeness (QED) is 0.523. The average Bonchev–Trinajstić information content (AvgIpc) is 3.17. The summed E-state index contributed by atoms with van der Waals surface area (Å²) in [5, 5.41) is 0. The Morgan fingerprint density at radius 2 is 1.61 bits per heavy atom. The summed E-state index contributed by atoms with van der Waals surface area (Å²) < 4.78 is 0. The Hall–Kier alpha value is -2.42. The molecule has 7 rings (SSSR count). The molecule has 0 saturated heterocycles. The van der Waals surface area contributed by atoms with Crippen LogP contribution in [0.5, 0.6) is 0 Å². The van der Waals surface area contributed by atoms with E-state index in [9.17, 15) is 4.79 Å². The summed E-state index contributed by atoms with van der Waals surface area (Å²) in [4.78, 5) is 21.2. The molecular weight excluding hydrogens is 380 g/mol. The van der Waals surface area contributed by atoms with Crippen LogP contribution in [0.3, 0.4) is 0 Å². The van der Waals surface area contributed by atoms with Crippen molar-refractivity contribution >= 4 is 16.8 Å². The molecule has 0 radical (unpaired) electrons. The van der Waals surface area contributed by atoms with Gasteiger partial charge in [0.15, 0.2) is 0 Å². The Labute approximate surface area is 184 Å². The summed E-state index contributed by atoms with van der Waals surface area (Å²) in [7, 11) is 0. The standard InChI is InChI=1S/C28H32N2O/c31-24(17-25-22-11-20-10-21(13-22)14-23(25)12-20)15-19-6-8-26-27(16-19)30-28(29-26)9-7-18-4-2-1-3-5-18/h1-6,8,16,20-23,25H,7,9-15,17H2,(H,29,30). The maximum atomic E-state index is 13.0. The molecular formula is C28H32N2O. The number of aromatic nitrogens is 2. The molecule has 1 aromatic heterocycles. The Balaban J connectivity index is 1.10. The Bertz CT molecular complexity index is 1050.